The summed E-state index contributed by atoms with van der Waals surface area (Å²) >= 11 is 5.72. The van der Waals surface area contributed by atoms with E-state index in [4.69, 9.17) is 16.3 Å². The zero-order valence-corrected chi connectivity index (χ0v) is 9.65. The van der Waals surface area contributed by atoms with Crippen LogP contribution >= 0.6 is 11.6 Å². The van der Waals surface area contributed by atoms with Gasteiger partial charge < -0.3 is 9.64 Å². The largest absolute Gasteiger partial charge is 0.385 e. The Morgan fingerprint density at radius 3 is 2.38 bits per heavy atom. The van der Waals surface area contributed by atoms with Gasteiger partial charge in [-0.3, -0.25) is 0 Å². The first-order chi connectivity index (χ1) is 6.35. The van der Waals surface area contributed by atoms with Crippen molar-refractivity contribution in [3.63, 3.8) is 0 Å². The number of halogens is 1. The minimum atomic E-state index is 0.733. The average Bonchev–Trinajstić information content (AvgIpc) is 2.14. The van der Waals surface area contributed by atoms with E-state index in [0.717, 1.165) is 32.0 Å². The second kappa shape index (κ2) is 10.3. The van der Waals surface area contributed by atoms with Crippen molar-refractivity contribution in [2.75, 3.05) is 39.2 Å². The van der Waals surface area contributed by atoms with E-state index in [1.165, 1.54) is 19.4 Å². The number of alkyl halides is 1. The fourth-order valence-corrected chi connectivity index (χ4v) is 1.51. The molecule has 13 heavy (non-hydrogen) atoms. The van der Waals surface area contributed by atoms with Crippen molar-refractivity contribution < 1.29 is 4.74 Å². The topological polar surface area (TPSA) is 12.5 Å². The maximum Gasteiger partial charge on any atom is 0.0474 e. The number of nitrogens with zero attached hydrogens (tertiary/aromatic N) is 1. The first kappa shape index (κ1) is 13.2. The van der Waals surface area contributed by atoms with Gasteiger partial charge in [0.05, 0.1) is 0 Å². The molecular formula is C10H22ClNO. The van der Waals surface area contributed by atoms with Gasteiger partial charge in [-0.15, -0.1) is 11.6 Å². The van der Waals surface area contributed by atoms with Crippen LogP contribution in [0.5, 0.6) is 0 Å². The van der Waals surface area contributed by atoms with Crippen LogP contribution in [0.25, 0.3) is 0 Å². The lowest BCUT2D eigenvalue weighted by Crippen LogP contribution is -2.28. The summed E-state index contributed by atoms with van der Waals surface area (Å²) in [5.74, 6) is 0.733. The fraction of sp³-hybridized carbons (Fsp3) is 1.00. The van der Waals surface area contributed by atoms with E-state index >= 15 is 0 Å². The normalized spacial score (nSPS) is 11.1. The Balaban J connectivity index is 3.41. The van der Waals surface area contributed by atoms with Crippen molar-refractivity contribution >= 4 is 11.6 Å². The third-order valence-corrected chi connectivity index (χ3v) is 2.22. The molecule has 0 radical (unpaired) electrons. The Hall–Kier alpha value is 0.210. The van der Waals surface area contributed by atoms with E-state index in [2.05, 4.69) is 11.8 Å². The summed E-state index contributed by atoms with van der Waals surface area (Å²) in [6, 6.07) is 0. The number of ether oxygens (including phenoxy) is 1. The molecule has 0 rings (SSSR count). The van der Waals surface area contributed by atoms with E-state index < -0.39 is 0 Å². The second-order valence-corrected chi connectivity index (χ2v) is 3.61. The Morgan fingerprint density at radius 2 is 1.85 bits per heavy atom. The third-order valence-electron chi connectivity index (χ3n) is 2.05. The quantitative estimate of drug-likeness (QED) is 0.425. The van der Waals surface area contributed by atoms with Crippen LogP contribution in [0.4, 0.5) is 0 Å². The SMILES string of the molecule is CCCCN(CCCl)CCCOC. The Morgan fingerprint density at radius 1 is 1.15 bits per heavy atom. The van der Waals surface area contributed by atoms with Gasteiger partial charge in [0.15, 0.2) is 0 Å². The van der Waals surface area contributed by atoms with Gasteiger partial charge in [-0.05, 0) is 19.4 Å². The molecule has 0 aliphatic carbocycles. The number of hydrogen-bond donors (Lipinski definition) is 0. The number of unbranched alkanes of at least 4 members (excludes halogenated alkanes) is 1. The van der Waals surface area contributed by atoms with Gasteiger partial charge in [-0.25, -0.2) is 0 Å². The first-order valence-electron chi connectivity index (χ1n) is 5.12. The van der Waals surface area contributed by atoms with Crippen molar-refractivity contribution in [3.05, 3.63) is 0 Å². The van der Waals surface area contributed by atoms with E-state index in [0.29, 0.717) is 0 Å². The summed E-state index contributed by atoms with van der Waals surface area (Å²) in [6.45, 7) is 6.36. The molecule has 80 valence electrons. The number of methoxy groups -OCH3 is 1. The molecule has 0 saturated carbocycles. The van der Waals surface area contributed by atoms with Crippen molar-refractivity contribution in [2.45, 2.75) is 26.2 Å². The van der Waals surface area contributed by atoms with Gasteiger partial charge in [-0.2, -0.15) is 0 Å². The molecule has 0 bridgehead atoms. The van der Waals surface area contributed by atoms with E-state index in [-0.39, 0.29) is 0 Å². The average molecular weight is 208 g/mol. The van der Waals surface area contributed by atoms with Gasteiger partial charge >= 0.3 is 0 Å². The van der Waals surface area contributed by atoms with Crippen molar-refractivity contribution in [1.82, 2.24) is 4.90 Å². The van der Waals surface area contributed by atoms with Crippen LogP contribution in [0.2, 0.25) is 0 Å². The first-order valence-corrected chi connectivity index (χ1v) is 5.65. The van der Waals surface area contributed by atoms with Crippen LogP contribution in [0.3, 0.4) is 0 Å². The van der Waals surface area contributed by atoms with Gasteiger partial charge in [0.25, 0.3) is 0 Å². The van der Waals surface area contributed by atoms with E-state index in [1.807, 2.05) is 0 Å². The molecule has 0 fully saturated rings. The highest BCUT2D eigenvalue weighted by atomic mass is 35.5. The lowest BCUT2D eigenvalue weighted by Gasteiger charge is -2.20. The van der Waals surface area contributed by atoms with Crippen molar-refractivity contribution in [3.8, 4) is 0 Å². The highest BCUT2D eigenvalue weighted by Gasteiger charge is 2.02. The second-order valence-electron chi connectivity index (χ2n) is 3.23. The van der Waals surface area contributed by atoms with Gasteiger partial charge in [0.2, 0.25) is 0 Å². The molecule has 0 spiro atoms. The van der Waals surface area contributed by atoms with Crippen LogP contribution in [0.15, 0.2) is 0 Å². The summed E-state index contributed by atoms with van der Waals surface area (Å²) in [5.41, 5.74) is 0. The lowest BCUT2D eigenvalue weighted by atomic mass is 10.3. The molecule has 0 N–H and O–H groups in total. The molecule has 0 aromatic heterocycles. The summed E-state index contributed by atoms with van der Waals surface area (Å²) in [7, 11) is 1.75. The third kappa shape index (κ3) is 8.54. The minimum Gasteiger partial charge on any atom is -0.385 e. The van der Waals surface area contributed by atoms with Gasteiger partial charge in [-0.1, -0.05) is 13.3 Å². The van der Waals surface area contributed by atoms with Crippen LogP contribution in [0.1, 0.15) is 26.2 Å². The van der Waals surface area contributed by atoms with Gasteiger partial charge in [0, 0.05) is 32.7 Å². The van der Waals surface area contributed by atoms with Crippen LogP contribution in [0, 0.1) is 0 Å². The number of rotatable bonds is 9. The molecule has 2 nitrogen and oxygen atoms in total. The van der Waals surface area contributed by atoms with Crippen LogP contribution < -0.4 is 0 Å². The molecule has 0 aromatic rings. The predicted molar refractivity (Wildman–Crippen MR) is 58.6 cm³/mol. The Labute approximate surface area is 87.2 Å². The maximum absolute atomic E-state index is 5.72. The smallest absolute Gasteiger partial charge is 0.0474 e. The molecule has 0 aromatic carbocycles. The molecule has 0 atom stereocenters. The fourth-order valence-electron chi connectivity index (χ4n) is 1.27. The summed E-state index contributed by atoms with van der Waals surface area (Å²) in [4.78, 5) is 2.41. The summed E-state index contributed by atoms with van der Waals surface area (Å²) in [5, 5.41) is 0. The lowest BCUT2D eigenvalue weighted by molar-refractivity contribution is 0.173. The summed E-state index contributed by atoms with van der Waals surface area (Å²) < 4.78 is 5.02. The highest BCUT2D eigenvalue weighted by molar-refractivity contribution is 6.18. The minimum absolute atomic E-state index is 0.733. The Bertz CT molecular complexity index is 101. The van der Waals surface area contributed by atoms with Gasteiger partial charge in [0.1, 0.15) is 0 Å². The van der Waals surface area contributed by atoms with Crippen LogP contribution in [-0.4, -0.2) is 44.1 Å². The predicted octanol–water partition coefficient (Wildman–Crippen LogP) is 2.36. The molecule has 0 amide bonds. The summed E-state index contributed by atoms with van der Waals surface area (Å²) in [6.07, 6.45) is 3.63. The molecule has 3 heteroatoms. The van der Waals surface area contributed by atoms with Crippen molar-refractivity contribution in [2.24, 2.45) is 0 Å². The highest BCUT2D eigenvalue weighted by Crippen LogP contribution is 1.97. The van der Waals surface area contributed by atoms with E-state index in [1.54, 1.807) is 7.11 Å². The van der Waals surface area contributed by atoms with Crippen LogP contribution in [-0.2, 0) is 4.74 Å². The van der Waals surface area contributed by atoms with Crippen molar-refractivity contribution in [1.29, 1.82) is 0 Å². The molecule has 0 saturated heterocycles. The molecule has 0 aliphatic rings. The zero-order chi connectivity index (χ0) is 9.94. The number of hydrogen-bond acceptors (Lipinski definition) is 2. The molecule has 0 aliphatic heterocycles. The molecule has 0 heterocycles. The maximum atomic E-state index is 5.72. The monoisotopic (exact) mass is 207 g/mol. The molecule has 0 unspecified atom stereocenters. The Kier molecular flexibility index (Phi) is 10.5. The zero-order valence-electron chi connectivity index (χ0n) is 8.89. The standard InChI is InChI=1S/C10H22ClNO/c1-3-4-7-12(9-6-11)8-5-10-13-2/h3-10H2,1-2H3. The van der Waals surface area contributed by atoms with E-state index in [9.17, 15) is 0 Å². The molecular weight excluding hydrogens is 186 g/mol.